The van der Waals surface area contributed by atoms with Gasteiger partial charge in [0.1, 0.15) is 0 Å². The molecule has 2 aliphatic carbocycles. The lowest BCUT2D eigenvalue weighted by Gasteiger charge is -2.31. The number of hydrogen-bond acceptors (Lipinski definition) is 2. The zero-order valence-electron chi connectivity index (χ0n) is 10.6. The molecule has 1 saturated heterocycles. The summed E-state index contributed by atoms with van der Waals surface area (Å²) in [6, 6.07) is 0.341. The maximum absolute atomic E-state index is 12.3. The molecule has 17 heavy (non-hydrogen) atoms. The number of hydrogen-bond donors (Lipinski definition) is 1. The topological polar surface area (TPSA) is 40.5 Å². The number of aliphatic hydroxyl groups excluding tert-OH is 1. The average molecular weight is 237 g/mol. The van der Waals surface area contributed by atoms with Crippen LogP contribution in [0, 0.1) is 17.8 Å². The number of nitrogens with zero attached hydrogens (tertiary/aromatic N) is 1. The highest BCUT2D eigenvalue weighted by molar-refractivity contribution is 5.82. The number of aliphatic hydroxyl groups is 1. The Balaban J connectivity index is 1.69. The van der Waals surface area contributed by atoms with Gasteiger partial charge in [-0.15, -0.1) is 0 Å². The van der Waals surface area contributed by atoms with E-state index in [4.69, 9.17) is 0 Å². The van der Waals surface area contributed by atoms with E-state index < -0.39 is 0 Å². The molecule has 3 nitrogen and oxygen atoms in total. The molecular formula is C14H23NO2. The molecule has 5 unspecified atom stereocenters. The van der Waals surface area contributed by atoms with Gasteiger partial charge in [0, 0.05) is 24.4 Å². The quantitative estimate of drug-likeness (QED) is 0.795. The Morgan fingerprint density at radius 1 is 1.24 bits per heavy atom. The normalized spacial score (nSPS) is 45.3. The van der Waals surface area contributed by atoms with Gasteiger partial charge in [0.15, 0.2) is 0 Å². The zero-order valence-corrected chi connectivity index (χ0v) is 10.6. The predicted octanol–water partition coefficient (Wildman–Crippen LogP) is 1.79. The average Bonchev–Trinajstić information content (AvgIpc) is 2.74. The van der Waals surface area contributed by atoms with Crippen molar-refractivity contribution in [2.24, 2.45) is 17.8 Å². The van der Waals surface area contributed by atoms with Gasteiger partial charge in [-0.2, -0.15) is 0 Å². The van der Waals surface area contributed by atoms with E-state index in [1.807, 2.05) is 0 Å². The molecule has 96 valence electrons. The van der Waals surface area contributed by atoms with Crippen LogP contribution in [0.3, 0.4) is 0 Å². The second-order valence-corrected chi connectivity index (χ2v) is 6.22. The Kier molecular flexibility index (Phi) is 2.89. The molecule has 0 radical (unpaired) electrons. The molecule has 3 rings (SSSR count). The molecule has 3 fully saturated rings. The summed E-state index contributed by atoms with van der Waals surface area (Å²) in [6.07, 6.45) is 6.32. The van der Waals surface area contributed by atoms with Gasteiger partial charge in [-0.25, -0.2) is 0 Å². The van der Waals surface area contributed by atoms with Crippen LogP contribution in [-0.2, 0) is 4.79 Å². The zero-order chi connectivity index (χ0) is 12.0. The molecule has 3 heteroatoms. The van der Waals surface area contributed by atoms with Crippen molar-refractivity contribution in [3.05, 3.63) is 0 Å². The van der Waals surface area contributed by atoms with Crippen molar-refractivity contribution in [1.82, 2.24) is 4.90 Å². The minimum atomic E-state index is -0.162. The molecule has 1 aliphatic heterocycles. The van der Waals surface area contributed by atoms with Crippen molar-refractivity contribution in [3.8, 4) is 0 Å². The van der Waals surface area contributed by atoms with E-state index in [0.29, 0.717) is 29.7 Å². The van der Waals surface area contributed by atoms with Crippen molar-refractivity contribution < 1.29 is 9.90 Å². The third-order valence-electron chi connectivity index (χ3n) is 5.03. The van der Waals surface area contributed by atoms with Gasteiger partial charge < -0.3 is 10.0 Å². The Morgan fingerprint density at radius 3 is 2.59 bits per heavy atom. The Labute approximate surface area is 103 Å². The first kappa shape index (κ1) is 11.5. The van der Waals surface area contributed by atoms with Gasteiger partial charge in [0.2, 0.25) is 5.91 Å². The predicted molar refractivity (Wildman–Crippen MR) is 65.4 cm³/mol. The molecule has 0 aromatic heterocycles. The maximum Gasteiger partial charge on any atom is 0.226 e. The number of amides is 1. The van der Waals surface area contributed by atoms with Gasteiger partial charge in [-0.05, 0) is 38.0 Å². The van der Waals surface area contributed by atoms with E-state index in [1.165, 1.54) is 0 Å². The van der Waals surface area contributed by atoms with Crippen LogP contribution in [0.15, 0.2) is 0 Å². The first-order valence-corrected chi connectivity index (χ1v) is 7.17. The van der Waals surface area contributed by atoms with Gasteiger partial charge in [0.25, 0.3) is 0 Å². The molecule has 0 aromatic carbocycles. The molecule has 0 aromatic rings. The fourth-order valence-corrected chi connectivity index (χ4v) is 3.81. The third kappa shape index (κ3) is 1.99. The molecule has 1 N–H and O–H groups in total. The Morgan fingerprint density at radius 2 is 2.00 bits per heavy atom. The van der Waals surface area contributed by atoms with Crippen LogP contribution in [0.2, 0.25) is 0 Å². The van der Waals surface area contributed by atoms with Crippen LogP contribution < -0.4 is 0 Å². The maximum atomic E-state index is 12.3. The molecule has 1 heterocycles. The van der Waals surface area contributed by atoms with Gasteiger partial charge in [-0.1, -0.05) is 13.3 Å². The second kappa shape index (κ2) is 4.27. The van der Waals surface area contributed by atoms with Crippen molar-refractivity contribution in [1.29, 1.82) is 0 Å². The fraction of sp³-hybridized carbons (Fsp3) is 0.929. The SMILES string of the molecule is CC1CC1C(=O)N1CCCC1C1CCCC1O. The number of carbonyl (C=O) groups is 1. The third-order valence-corrected chi connectivity index (χ3v) is 5.03. The molecule has 3 aliphatic rings. The van der Waals surface area contributed by atoms with Crippen LogP contribution >= 0.6 is 0 Å². The van der Waals surface area contributed by atoms with E-state index >= 15 is 0 Å². The molecule has 2 saturated carbocycles. The van der Waals surface area contributed by atoms with Crippen LogP contribution in [0.5, 0.6) is 0 Å². The first-order chi connectivity index (χ1) is 8.18. The lowest BCUT2D eigenvalue weighted by atomic mass is 9.94. The monoisotopic (exact) mass is 237 g/mol. The summed E-state index contributed by atoms with van der Waals surface area (Å²) < 4.78 is 0. The van der Waals surface area contributed by atoms with E-state index in [0.717, 1.165) is 45.1 Å². The summed E-state index contributed by atoms with van der Waals surface area (Å²) in [6.45, 7) is 3.09. The molecule has 0 bridgehead atoms. The van der Waals surface area contributed by atoms with Crippen molar-refractivity contribution >= 4 is 5.91 Å². The molecular weight excluding hydrogens is 214 g/mol. The van der Waals surface area contributed by atoms with Crippen molar-refractivity contribution in [3.63, 3.8) is 0 Å². The van der Waals surface area contributed by atoms with Gasteiger partial charge in [0.05, 0.1) is 6.10 Å². The van der Waals surface area contributed by atoms with Crippen LogP contribution in [-0.4, -0.2) is 34.6 Å². The molecule has 5 atom stereocenters. The minimum absolute atomic E-state index is 0.162. The number of carbonyl (C=O) groups excluding carboxylic acids is 1. The van der Waals surface area contributed by atoms with E-state index in [2.05, 4.69) is 11.8 Å². The van der Waals surface area contributed by atoms with Crippen molar-refractivity contribution in [2.45, 2.75) is 57.6 Å². The lowest BCUT2D eigenvalue weighted by Crippen LogP contribution is -2.43. The summed E-state index contributed by atoms with van der Waals surface area (Å²) >= 11 is 0. The summed E-state index contributed by atoms with van der Waals surface area (Å²) in [7, 11) is 0. The number of rotatable bonds is 2. The molecule has 1 amide bonds. The van der Waals surface area contributed by atoms with Crippen LogP contribution in [0.4, 0.5) is 0 Å². The fourth-order valence-electron chi connectivity index (χ4n) is 3.81. The van der Waals surface area contributed by atoms with Crippen LogP contribution in [0.25, 0.3) is 0 Å². The van der Waals surface area contributed by atoms with Crippen molar-refractivity contribution in [2.75, 3.05) is 6.54 Å². The van der Waals surface area contributed by atoms with Gasteiger partial charge in [-0.3, -0.25) is 4.79 Å². The van der Waals surface area contributed by atoms with E-state index in [1.54, 1.807) is 0 Å². The highest BCUT2D eigenvalue weighted by Gasteiger charge is 2.46. The second-order valence-electron chi connectivity index (χ2n) is 6.22. The lowest BCUT2D eigenvalue weighted by molar-refractivity contribution is -0.135. The standard InChI is InChI=1S/C14H23NO2/c1-9-8-11(9)14(17)15-7-3-5-12(15)10-4-2-6-13(10)16/h9-13,16H,2-8H2,1H3. The summed E-state index contributed by atoms with van der Waals surface area (Å²) in [5, 5.41) is 10.0. The highest BCUT2D eigenvalue weighted by Crippen LogP contribution is 2.43. The summed E-state index contributed by atoms with van der Waals surface area (Å²) in [5.41, 5.74) is 0. The van der Waals surface area contributed by atoms with E-state index in [-0.39, 0.29) is 6.10 Å². The molecule has 0 spiro atoms. The van der Waals surface area contributed by atoms with Gasteiger partial charge >= 0.3 is 0 Å². The number of likely N-dealkylation sites (tertiary alicyclic amines) is 1. The summed E-state index contributed by atoms with van der Waals surface area (Å²) in [5.74, 6) is 1.63. The Bertz CT molecular complexity index is 317. The first-order valence-electron chi connectivity index (χ1n) is 7.17. The van der Waals surface area contributed by atoms with Crippen LogP contribution in [0.1, 0.15) is 45.4 Å². The smallest absolute Gasteiger partial charge is 0.226 e. The highest BCUT2D eigenvalue weighted by atomic mass is 16.3. The summed E-state index contributed by atoms with van der Waals surface area (Å²) in [4.78, 5) is 14.4. The largest absolute Gasteiger partial charge is 0.393 e. The van der Waals surface area contributed by atoms with E-state index in [9.17, 15) is 9.90 Å². The minimum Gasteiger partial charge on any atom is -0.393 e. The Hall–Kier alpha value is -0.570.